The topological polar surface area (TPSA) is 55.2 Å². The van der Waals surface area contributed by atoms with E-state index in [0.717, 1.165) is 58.0 Å². The third-order valence-electron chi connectivity index (χ3n) is 4.47. The third kappa shape index (κ3) is 4.32. The SMILES string of the molecule is CC(C)n1cnnc1CN1CCC2(CC1)CNCCO2.Cl.Cl. The van der Waals surface area contributed by atoms with E-state index in [4.69, 9.17) is 4.74 Å². The molecule has 0 bridgehead atoms. The predicted octanol–water partition coefficient (Wildman–Crippen LogP) is 1.66. The van der Waals surface area contributed by atoms with Crippen LogP contribution in [0.1, 0.15) is 38.6 Å². The van der Waals surface area contributed by atoms with Crippen molar-refractivity contribution in [3.8, 4) is 0 Å². The number of hydrogen-bond acceptors (Lipinski definition) is 5. The number of nitrogens with zero attached hydrogens (tertiary/aromatic N) is 4. The summed E-state index contributed by atoms with van der Waals surface area (Å²) in [5.74, 6) is 1.07. The third-order valence-corrected chi connectivity index (χ3v) is 4.47. The molecule has 3 heterocycles. The first kappa shape index (κ1) is 19.6. The van der Waals surface area contributed by atoms with Crippen molar-refractivity contribution >= 4 is 24.8 Å². The minimum atomic E-state index is 0. The Labute approximate surface area is 144 Å². The van der Waals surface area contributed by atoms with Gasteiger partial charge in [-0.25, -0.2) is 0 Å². The van der Waals surface area contributed by atoms with Crippen LogP contribution in [0.25, 0.3) is 0 Å². The van der Waals surface area contributed by atoms with Crippen molar-refractivity contribution < 1.29 is 4.74 Å². The number of piperidine rings is 1. The summed E-state index contributed by atoms with van der Waals surface area (Å²) in [6.07, 6.45) is 4.05. The highest BCUT2D eigenvalue weighted by molar-refractivity contribution is 5.85. The fourth-order valence-electron chi connectivity index (χ4n) is 3.16. The van der Waals surface area contributed by atoms with Crippen LogP contribution >= 0.6 is 24.8 Å². The molecule has 2 fully saturated rings. The lowest BCUT2D eigenvalue weighted by Crippen LogP contribution is -2.55. The van der Waals surface area contributed by atoms with Gasteiger partial charge in [0, 0.05) is 32.2 Å². The fourth-order valence-corrected chi connectivity index (χ4v) is 3.16. The first-order valence-corrected chi connectivity index (χ1v) is 7.64. The molecule has 1 N–H and O–H groups in total. The molecule has 0 aliphatic carbocycles. The van der Waals surface area contributed by atoms with Crippen LogP contribution in [-0.4, -0.2) is 58.1 Å². The lowest BCUT2D eigenvalue weighted by Gasteiger charge is -2.44. The van der Waals surface area contributed by atoms with Crippen molar-refractivity contribution in [2.24, 2.45) is 0 Å². The summed E-state index contributed by atoms with van der Waals surface area (Å²) in [4.78, 5) is 2.46. The molecule has 0 amide bonds. The smallest absolute Gasteiger partial charge is 0.147 e. The van der Waals surface area contributed by atoms with E-state index >= 15 is 0 Å². The number of halogens is 2. The fraction of sp³-hybridized carbons (Fsp3) is 0.857. The van der Waals surface area contributed by atoms with E-state index in [0.29, 0.717) is 6.04 Å². The maximum Gasteiger partial charge on any atom is 0.147 e. The zero-order valence-electron chi connectivity index (χ0n) is 13.3. The van der Waals surface area contributed by atoms with E-state index in [1.807, 2.05) is 6.33 Å². The predicted molar refractivity (Wildman–Crippen MR) is 91.0 cm³/mol. The summed E-state index contributed by atoms with van der Waals surface area (Å²) >= 11 is 0. The van der Waals surface area contributed by atoms with Crippen LogP contribution in [-0.2, 0) is 11.3 Å². The van der Waals surface area contributed by atoms with Crippen LogP contribution in [0.15, 0.2) is 6.33 Å². The average molecular weight is 352 g/mol. The average Bonchev–Trinajstić information content (AvgIpc) is 2.91. The number of hydrogen-bond donors (Lipinski definition) is 1. The highest BCUT2D eigenvalue weighted by atomic mass is 35.5. The minimum absolute atomic E-state index is 0. The summed E-state index contributed by atoms with van der Waals surface area (Å²) in [6, 6.07) is 0.419. The summed E-state index contributed by atoms with van der Waals surface area (Å²) in [7, 11) is 0. The molecular formula is C14H27Cl2N5O. The monoisotopic (exact) mass is 351 g/mol. The van der Waals surface area contributed by atoms with Gasteiger partial charge in [-0.3, -0.25) is 4.90 Å². The largest absolute Gasteiger partial charge is 0.372 e. The van der Waals surface area contributed by atoms with Crippen LogP contribution in [0.3, 0.4) is 0 Å². The van der Waals surface area contributed by atoms with Gasteiger partial charge < -0.3 is 14.6 Å². The van der Waals surface area contributed by atoms with Crippen molar-refractivity contribution in [1.29, 1.82) is 0 Å². The highest BCUT2D eigenvalue weighted by Gasteiger charge is 2.37. The molecule has 0 saturated carbocycles. The number of rotatable bonds is 3. The quantitative estimate of drug-likeness (QED) is 0.897. The molecule has 6 nitrogen and oxygen atoms in total. The molecule has 2 aliphatic rings. The zero-order chi connectivity index (χ0) is 14.0. The van der Waals surface area contributed by atoms with E-state index in [1.165, 1.54) is 0 Å². The van der Waals surface area contributed by atoms with Crippen LogP contribution < -0.4 is 5.32 Å². The van der Waals surface area contributed by atoms with Crippen molar-refractivity contribution in [3.63, 3.8) is 0 Å². The molecule has 2 saturated heterocycles. The van der Waals surface area contributed by atoms with E-state index in [2.05, 4.69) is 38.8 Å². The van der Waals surface area contributed by atoms with Gasteiger partial charge in [0.1, 0.15) is 12.2 Å². The maximum atomic E-state index is 6.03. The second-order valence-electron chi connectivity index (χ2n) is 6.23. The van der Waals surface area contributed by atoms with Gasteiger partial charge in [-0.2, -0.15) is 0 Å². The van der Waals surface area contributed by atoms with Crippen molar-refractivity contribution in [2.75, 3.05) is 32.8 Å². The molecule has 8 heteroatoms. The van der Waals surface area contributed by atoms with Crippen LogP contribution in [0.4, 0.5) is 0 Å². The van der Waals surface area contributed by atoms with Crippen LogP contribution in [0, 0.1) is 0 Å². The van der Waals surface area contributed by atoms with E-state index in [-0.39, 0.29) is 30.4 Å². The Balaban J connectivity index is 0.00000121. The molecule has 0 atom stereocenters. The standard InChI is InChI=1S/C14H25N5O.2ClH/c1-12(2)19-11-16-17-13(19)9-18-6-3-14(4-7-18)10-15-5-8-20-14;;/h11-12,15H,3-10H2,1-2H3;2*1H. The van der Waals surface area contributed by atoms with Gasteiger partial charge in [-0.15, -0.1) is 35.0 Å². The Kier molecular flexibility index (Phi) is 7.55. The summed E-state index contributed by atoms with van der Waals surface area (Å²) in [5, 5.41) is 11.8. The van der Waals surface area contributed by atoms with Crippen LogP contribution in [0.5, 0.6) is 0 Å². The highest BCUT2D eigenvalue weighted by Crippen LogP contribution is 2.28. The van der Waals surface area contributed by atoms with Crippen molar-refractivity contribution in [3.05, 3.63) is 12.2 Å². The maximum absolute atomic E-state index is 6.03. The molecule has 1 aromatic rings. The second kappa shape index (κ2) is 8.45. The molecule has 128 valence electrons. The van der Waals surface area contributed by atoms with Gasteiger partial charge >= 0.3 is 0 Å². The first-order valence-electron chi connectivity index (χ1n) is 7.64. The Morgan fingerprint density at radius 3 is 2.64 bits per heavy atom. The molecular weight excluding hydrogens is 325 g/mol. The molecule has 0 unspecified atom stereocenters. The number of morpholine rings is 1. The van der Waals surface area contributed by atoms with Gasteiger partial charge in [-0.05, 0) is 26.7 Å². The summed E-state index contributed by atoms with van der Waals surface area (Å²) in [5.41, 5.74) is 0.0838. The zero-order valence-corrected chi connectivity index (χ0v) is 15.0. The number of aromatic nitrogens is 3. The van der Waals surface area contributed by atoms with Gasteiger partial charge in [-0.1, -0.05) is 0 Å². The molecule has 3 rings (SSSR count). The Hall–Kier alpha value is -0.400. The van der Waals surface area contributed by atoms with Gasteiger partial charge in [0.05, 0.1) is 18.8 Å². The molecule has 1 aromatic heterocycles. The Morgan fingerprint density at radius 2 is 2.05 bits per heavy atom. The molecule has 0 aromatic carbocycles. The minimum Gasteiger partial charge on any atom is -0.372 e. The van der Waals surface area contributed by atoms with Gasteiger partial charge in [0.15, 0.2) is 0 Å². The van der Waals surface area contributed by atoms with Crippen molar-refractivity contribution in [2.45, 2.75) is 44.9 Å². The number of likely N-dealkylation sites (tertiary alicyclic amines) is 1. The molecule has 2 aliphatic heterocycles. The van der Waals surface area contributed by atoms with E-state index in [1.54, 1.807) is 0 Å². The summed E-state index contributed by atoms with van der Waals surface area (Å²) in [6.45, 7) is 10.2. The van der Waals surface area contributed by atoms with E-state index in [9.17, 15) is 0 Å². The van der Waals surface area contributed by atoms with Gasteiger partial charge in [0.2, 0.25) is 0 Å². The molecule has 1 spiro atoms. The Bertz CT molecular complexity index is 438. The normalized spacial score (nSPS) is 21.4. The number of ether oxygens (including phenoxy) is 1. The van der Waals surface area contributed by atoms with Crippen LogP contribution in [0.2, 0.25) is 0 Å². The molecule has 22 heavy (non-hydrogen) atoms. The lowest BCUT2D eigenvalue weighted by molar-refractivity contribution is -0.101. The molecule has 0 radical (unpaired) electrons. The van der Waals surface area contributed by atoms with Crippen molar-refractivity contribution in [1.82, 2.24) is 25.0 Å². The Morgan fingerprint density at radius 1 is 1.32 bits per heavy atom. The summed E-state index contributed by atoms with van der Waals surface area (Å²) < 4.78 is 8.19. The number of nitrogens with one attached hydrogen (secondary N) is 1. The van der Waals surface area contributed by atoms with E-state index < -0.39 is 0 Å². The second-order valence-corrected chi connectivity index (χ2v) is 6.23. The first-order chi connectivity index (χ1) is 9.69. The lowest BCUT2D eigenvalue weighted by atomic mass is 9.90. The van der Waals surface area contributed by atoms with Gasteiger partial charge in [0.25, 0.3) is 0 Å².